The number of halogens is 1. The van der Waals surface area contributed by atoms with E-state index in [4.69, 9.17) is 4.74 Å². The summed E-state index contributed by atoms with van der Waals surface area (Å²) in [6, 6.07) is 14.6. The monoisotopic (exact) mass is 419 g/mol. The van der Waals surface area contributed by atoms with Crippen LogP contribution in [0.15, 0.2) is 53.0 Å². The minimum absolute atomic E-state index is 0.0857. The lowest BCUT2D eigenvalue weighted by molar-refractivity contribution is -0.124. The normalized spacial score (nSPS) is 11.7. The summed E-state index contributed by atoms with van der Waals surface area (Å²) in [7, 11) is 1.32. The Balaban J connectivity index is 1.98. The van der Waals surface area contributed by atoms with Gasteiger partial charge in [0, 0.05) is 0 Å². The molecule has 0 aliphatic rings. The number of benzene rings is 2. The molecule has 138 valence electrons. The molecule has 0 radical (unpaired) electrons. The molecule has 0 fully saturated rings. The molecule has 2 rings (SSSR count). The van der Waals surface area contributed by atoms with Crippen LogP contribution >= 0.6 is 15.9 Å². The molecule has 0 bridgehead atoms. The van der Waals surface area contributed by atoms with Crippen LogP contribution in [-0.2, 0) is 9.53 Å². The lowest BCUT2D eigenvalue weighted by Gasteiger charge is -2.23. The second-order valence-electron chi connectivity index (χ2n) is 6.13. The number of amides is 1. The summed E-state index contributed by atoms with van der Waals surface area (Å²) in [4.78, 5) is 23.8. The van der Waals surface area contributed by atoms with Crippen LogP contribution in [0.4, 0.5) is 0 Å². The maximum atomic E-state index is 12.3. The molecule has 0 saturated heterocycles. The average Bonchev–Trinajstić information content (AvgIpc) is 2.64. The topological polar surface area (TPSA) is 64.6 Å². The third kappa shape index (κ3) is 5.33. The number of rotatable bonds is 7. The fourth-order valence-corrected chi connectivity index (χ4v) is 3.01. The third-order valence-corrected chi connectivity index (χ3v) is 4.47. The maximum Gasteiger partial charge on any atom is 0.337 e. The number of hydrogen-bond donors (Lipinski definition) is 1. The van der Waals surface area contributed by atoms with Gasteiger partial charge in [-0.15, -0.1) is 0 Å². The van der Waals surface area contributed by atoms with Crippen molar-refractivity contribution in [1.29, 1.82) is 0 Å². The minimum atomic E-state index is -0.433. The molecular formula is C20H22BrNO4. The zero-order valence-electron chi connectivity index (χ0n) is 15.0. The highest BCUT2D eigenvalue weighted by Crippen LogP contribution is 2.26. The Bertz CT molecular complexity index is 762. The molecule has 1 amide bonds. The van der Waals surface area contributed by atoms with E-state index in [1.807, 2.05) is 30.3 Å². The molecule has 2 aromatic carbocycles. The van der Waals surface area contributed by atoms with Gasteiger partial charge in [0.1, 0.15) is 5.75 Å². The predicted molar refractivity (Wildman–Crippen MR) is 103 cm³/mol. The summed E-state index contributed by atoms with van der Waals surface area (Å²) < 4.78 is 10.8. The first kappa shape index (κ1) is 20.0. The zero-order valence-corrected chi connectivity index (χ0v) is 16.6. The molecule has 0 saturated carbocycles. The van der Waals surface area contributed by atoms with Gasteiger partial charge < -0.3 is 14.8 Å². The van der Waals surface area contributed by atoms with Gasteiger partial charge >= 0.3 is 5.97 Å². The summed E-state index contributed by atoms with van der Waals surface area (Å²) in [5, 5.41) is 3.01. The molecule has 0 aliphatic heterocycles. The summed E-state index contributed by atoms with van der Waals surface area (Å²) in [5.41, 5.74) is 1.46. The molecular weight excluding hydrogens is 398 g/mol. The molecule has 1 unspecified atom stereocenters. The molecule has 0 aromatic heterocycles. The van der Waals surface area contributed by atoms with Gasteiger partial charge in [-0.05, 0) is 45.6 Å². The van der Waals surface area contributed by atoms with E-state index in [1.54, 1.807) is 18.2 Å². The second-order valence-corrected chi connectivity index (χ2v) is 6.98. The Kier molecular flexibility index (Phi) is 7.21. The van der Waals surface area contributed by atoms with Crippen molar-refractivity contribution in [1.82, 2.24) is 5.32 Å². The van der Waals surface area contributed by atoms with Crippen LogP contribution in [0.5, 0.6) is 5.75 Å². The van der Waals surface area contributed by atoms with E-state index < -0.39 is 5.97 Å². The highest BCUT2D eigenvalue weighted by Gasteiger charge is 2.18. The third-order valence-electron chi connectivity index (χ3n) is 3.85. The Hall–Kier alpha value is -2.34. The zero-order chi connectivity index (χ0) is 19.1. The van der Waals surface area contributed by atoms with Gasteiger partial charge in [0.15, 0.2) is 6.61 Å². The molecule has 0 heterocycles. The van der Waals surface area contributed by atoms with Crippen molar-refractivity contribution in [2.24, 2.45) is 5.92 Å². The van der Waals surface area contributed by atoms with Crippen molar-refractivity contribution < 1.29 is 19.1 Å². The largest absolute Gasteiger partial charge is 0.483 e. The summed E-state index contributed by atoms with van der Waals surface area (Å²) in [5.74, 6) is 0.0789. The van der Waals surface area contributed by atoms with Crippen molar-refractivity contribution in [3.8, 4) is 5.75 Å². The molecule has 1 atom stereocenters. The van der Waals surface area contributed by atoms with Crippen molar-refractivity contribution in [3.63, 3.8) is 0 Å². The first-order valence-electron chi connectivity index (χ1n) is 8.27. The van der Waals surface area contributed by atoms with E-state index in [-0.39, 0.29) is 24.5 Å². The van der Waals surface area contributed by atoms with E-state index >= 15 is 0 Å². The van der Waals surface area contributed by atoms with Gasteiger partial charge in [0.05, 0.1) is 23.2 Å². The van der Waals surface area contributed by atoms with Crippen LogP contribution in [0.3, 0.4) is 0 Å². The Morgan fingerprint density at radius 1 is 1.12 bits per heavy atom. The van der Waals surface area contributed by atoms with Gasteiger partial charge in [-0.25, -0.2) is 4.79 Å². The highest BCUT2D eigenvalue weighted by molar-refractivity contribution is 9.10. The van der Waals surface area contributed by atoms with Gasteiger partial charge in [-0.3, -0.25) is 4.79 Å². The van der Waals surface area contributed by atoms with E-state index in [2.05, 4.69) is 39.8 Å². The minimum Gasteiger partial charge on any atom is -0.483 e. The molecule has 2 aromatic rings. The first-order chi connectivity index (χ1) is 12.4. The van der Waals surface area contributed by atoms with E-state index in [1.165, 1.54) is 7.11 Å². The number of nitrogens with one attached hydrogen (secondary N) is 1. The van der Waals surface area contributed by atoms with Crippen molar-refractivity contribution in [2.75, 3.05) is 13.7 Å². The van der Waals surface area contributed by atoms with Crippen LogP contribution in [-0.4, -0.2) is 25.6 Å². The standard InChI is InChI=1S/C20H22BrNO4/c1-13(2)19(14-7-5-4-6-8-14)22-18(23)12-26-17-10-9-15(11-16(17)21)20(24)25-3/h4-11,13,19H,12H2,1-3H3,(H,22,23). The van der Waals surface area contributed by atoms with Gasteiger partial charge in [-0.2, -0.15) is 0 Å². The summed E-state index contributed by atoms with van der Waals surface area (Å²) in [6.07, 6.45) is 0. The number of methoxy groups -OCH3 is 1. The quantitative estimate of drug-likeness (QED) is 0.685. The average molecular weight is 420 g/mol. The molecule has 5 nitrogen and oxygen atoms in total. The summed E-state index contributed by atoms with van der Waals surface area (Å²) >= 11 is 3.34. The number of carbonyl (C=O) groups excluding carboxylic acids is 2. The molecule has 26 heavy (non-hydrogen) atoms. The van der Waals surface area contributed by atoms with Crippen molar-refractivity contribution >= 4 is 27.8 Å². The fourth-order valence-electron chi connectivity index (χ4n) is 2.52. The fraction of sp³-hybridized carbons (Fsp3) is 0.300. The molecule has 1 N–H and O–H groups in total. The maximum absolute atomic E-state index is 12.3. The lowest BCUT2D eigenvalue weighted by Crippen LogP contribution is -2.35. The predicted octanol–water partition coefficient (Wildman–Crippen LogP) is 4.13. The van der Waals surface area contributed by atoms with Crippen LogP contribution in [0.25, 0.3) is 0 Å². The number of esters is 1. The smallest absolute Gasteiger partial charge is 0.337 e. The Morgan fingerprint density at radius 2 is 1.81 bits per heavy atom. The van der Waals surface area contributed by atoms with Crippen LogP contribution in [0.1, 0.15) is 35.8 Å². The Morgan fingerprint density at radius 3 is 2.38 bits per heavy atom. The van der Waals surface area contributed by atoms with Gasteiger partial charge in [0.25, 0.3) is 5.91 Å². The second kappa shape index (κ2) is 9.38. The van der Waals surface area contributed by atoms with Crippen molar-refractivity contribution in [2.45, 2.75) is 19.9 Å². The lowest BCUT2D eigenvalue weighted by atomic mass is 9.96. The summed E-state index contributed by atoms with van der Waals surface area (Å²) in [6.45, 7) is 3.99. The number of ether oxygens (including phenoxy) is 2. The molecule has 0 aliphatic carbocycles. The first-order valence-corrected chi connectivity index (χ1v) is 9.06. The van der Waals surface area contributed by atoms with Crippen LogP contribution in [0.2, 0.25) is 0 Å². The van der Waals surface area contributed by atoms with Gasteiger partial charge in [0.2, 0.25) is 0 Å². The Labute approximate surface area is 161 Å². The number of carbonyl (C=O) groups is 2. The van der Waals surface area contributed by atoms with E-state index in [0.717, 1.165) is 5.56 Å². The van der Waals surface area contributed by atoms with Crippen molar-refractivity contribution in [3.05, 3.63) is 64.1 Å². The SMILES string of the molecule is COC(=O)c1ccc(OCC(=O)NC(c2ccccc2)C(C)C)c(Br)c1. The van der Waals surface area contributed by atoms with E-state index in [9.17, 15) is 9.59 Å². The highest BCUT2D eigenvalue weighted by atomic mass is 79.9. The van der Waals surface area contributed by atoms with Crippen LogP contribution < -0.4 is 10.1 Å². The van der Waals surface area contributed by atoms with Crippen LogP contribution in [0, 0.1) is 5.92 Å². The number of hydrogen-bond acceptors (Lipinski definition) is 4. The molecule has 6 heteroatoms. The van der Waals surface area contributed by atoms with E-state index in [0.29, 0.717) is 15.8 Å². The molecule has 0 spiro atoms. The van der Waals surface area contributed by atoms with Gasteiger partial charge in [-0.1, -0.05) is 44.2 Å².